The molecule has 2 rings (SSSR count). The Kier molecular flexibility index (Phi) is 4.09. The number of hydrogen-bond acceptors (Lipinski definition) is 3. The number of aromatic nitrogens is 1. The molecule has 2 atom stereocenters. The van der Waals surface area contributed by atoms with Crippen molar-refractivity contribution in [1.82, 2.24) is 10.3 Å². The summed E-state index contributed by atoms with van der Waals surface area (Å²) in [7, 11) is 0. The maximum atomic E-state index is 12.8. The first-order chi connectivity index (χ1) is 8.56. The molecule has 0 aliphatic heterocycles. The van der Waals surface area contributed by atoms with Crippen LogP contribution in [0.15, 0.2) is 30.5 Å². The monoisotopic (exact) mass is 264 g/mol. The Labute approximate surface area is 111 Å². The predicted octanol–water partition coefficient (Wildman–Crippen LogP) is 4.00. The van der Waals surface area contributed by atoms with Crippen molar-refractivity contribution in [1.29, 1.82) is 0 Å². The first-order valence-electron chi connectivity index (χ1n) is 6.00. The second-order valence-corrected chi connectivity index (χ2v) is 5.78. The first-order valence-corrected chi connectivity index (χ1v) is 6.81. The molecule has 2 aromatic rings. The highest BCUT2D eigenvalue weighted by Gasteiger charge is 2.13. The zero-order valence-corrected chi connectivity index (χ0v) is 11.6. The minimum Gasteiger partial charge on any atom is -0.301 e. The Morgan fingerprint density at radius 3 is 2.50 bits per heavy atom. The topological polar surface area (TPSA) is 24.9 Å². The molecule has 2 heterocycles. The summed E-state index contributed by atoms with van der Waals surface area (Å²) in [5.41, 5.74) is 0.858. The van der Waals surface area contributed by atoms with Gasteiger partial charge in [0.15, 0.2) is 0 Å². The molecular weight excluding hydrogens is 247 g/mol. The highest BCUT2D eigenvalue weighted by molar-refractivity contribution is 7.12. The van der Waals surface area contributed by atoms with Crippen LogP contribution in [0.25, 0.3) is 0 Å². The largest absolute Gasteiger partial charge is 0.301 e. The smallest absolute Gasteiger partial charge is 0.141 e. The number of thiophene rings is 1. The summed E-state index contributed by atoms with van der Waals surface area (Å²) in [6, 6.07) is 7.80. The molecule has 2 aromatic heterocycles. The third kappa shape index (κ3) is 3.15. The average Bonchev–Trinajstić information content (AvgIpc) is 2.76. The highest BCUT2D eigenvalue weighted by Crippen LogP contribution is 2.24. The van der Waals surface area contributed by atoms with Crippen LogP contribution in [-0.2, 0) is 0 Å². The summed E-state index contributed by atoms with van der Waals surface area (Å²) in [6.45, 7) is 6.27. The molecule has 18 heavy (non-hydrogen) atoms. The van der Waals surface area contributed by atoms with Gasteiger partial charge in [0, 0.05) is 21.8 Å². The van der Waals surface area contributed by atoms with Gasteiger partial charge in [0.25, 0.3) is 0 Å². The summed E-state index contributed by atoms with van der Waals surface area (Å²) >= 11 is 1.79. The molecule has 0 radical (unpaired) electrons. The van der Waals surface area contributed by atoms with E-state index in [0.29, 0.717) is 0 Å². The quantitative estimate of drug-likeness (QED) is 0.902. The fraction of sp³-hybridized carbons (Fsp3) is 0.357. The second kappa shape index (κ2) is 5.59. The van der Waals surface area contributed by atoms with Gasteiger partial charge >= 0.3 is 0 Å². The van der Waals surface area contributed by atoms with E-state index in [1.807, 2.05) is 6.92 Å². The Balaban J connectivity index is 2.02. The van der Waals surface area contributed by atoms with Crippen LogP contribution in [0.5, 0.6) is 0 Å². The summed E-state index contributed by atoms with van der Waals surface area (Å²) in [5.74, 6) is -0.298. The van der Waals surface area contributed by atoms with E-state index >= 15 is 0 Å². The maximum absolute atomic E-state index is 12.8. The van der Waals surface area contributed by atoms with Crippen molar-refractivity contribution in [3.05, 3.63) is 51.7 Å². The summed E-state index contributed by atoms with van der Waals surface area (Å²) in [6.07, 6.45) is 1.26. The van der Waals surface area contributed by atoms with Crippen LogP contribution >= 0.6 is 11.3 Å². The van der Waals surface area contributed by atoms with Crippen LogP contribution in [0, 0.1) is 12.7 Å². The lowest BCUT2D eigenvalue weighted by Gasteiger charge is -2.18. The lowest BCUT2D eigenvalue weighted by Crippen LogP contribution is -2.22. The highest BCUT2D eigenvalue weighted by atomic mass is 32.1. The molecule has 0 bridgehead atoms. The minimum absolute atomic E-state index is 0.100. The lowest BCUT2D eigenvalue weighted by atomic mass is 10.1. The molecule has 1 N–H and O–H groups in total. The number of nitrogens with one attached hydrogen (secondary N) is 1. The normalized spacial score (nSPS) is 14.4. The van der Waals surface area contributed by atoms with Crippen LogP contribution < -0.4 is 5.32 Å². The first kappa shape index (κ1) is 13.2. The Bertz CT molecular complexity index is 507. The van der Waals surface area contributed by atoms with Gasteiger partial charge in [-0.25, -0.2) is 4.39 Å². The van der Waals surface area contributed by atoms with E-state index < -0.39 is 0 Å². The van der Waals surface area contributed by atoms with Crippen molar-refractivity contribution in [3.63, 3.8) is 0 Å². The zero-order valence-electron chi connectivity index (χ0n) is 10.8. The molecule has 2 nitrogen and oxygen atoms in total. The van der Waals surface area contributed by atoms with Gasteiger partial charge in [-0.15, -0.1) is 11.3 Å². The number of halogens is 1. The van der Waals surface area contributed by atoms with Crippen molar-refractivity contribution in [2.75, 3.05) is 0 Å². The zero-order chi connectivity index (χ0) is 13.1. The molecule has 0 aliphatic carbocycles. The number of hydrogen-bond donors (Lipinski definition) is 1. The molecule has 0 spiro atoms. The number of aryl methyl sites for hydroxylation is 1. The van der Waals surface area contributed by atoms with E-state index in [-0.39, 0.29) is 17.9 Å². The number of rotatable bonds is 4. The van der Waals surface area contributed by atoms with Gasteiger partial charge in [-0.1, -0.05) is 0 Å². The molecule has 4 heteroatoms. The number of nitrogens with zero attached hydrogens (tertiary/aromatic N) is 1. The molecule has 0 saturated carbocycles. The van der Waals surface area contributed by atoms with Crippen molar-refractivity contribution in [3.8, 4) is 0 Å². The third-order valence-electron chi connectivity index (χ3n) is 2.88. The van der Waals surface area contributed by atoms with E-state index in [4.69, 9.17) is 0 Å². The molecular formula is C14H17FN2S. The van der Waals surface area contributed by atoms with Crippen molar-refractivity contribution in [2.45, 2.75) is 32.9 Å². The van der Waals surface area contributed by atoms with Crippen molar-refractivity contribution in [2.24, 2.45) is 0 Å². The summed E-state index contributed by atoms with van der Waals surface area (Å²) in [5, 5.41) is 3.47. The van der Waals surface area contributed by atoms with Gasteiger partial charge in [-0.05, 0) is 45.0 Å². The molecule has 0 aromatic carbocycles. The molecule has 0 fully saturated rings. The summed E-state index contributed by atoms with van der Waals surface area (Å²) < 4.78 is 12.8. The van der Waals surface area contributed by atoms with Crippen molar-refractivity contribution >= 4 is 11.3 Å². The average molecular weight is 264 g/mol. The van der Waals surface area contributed by atoms with Gasteiger partial charge in [0.2, 0.25) is 0 Å². The Morgan fingerprint density at radius 1 is 1.17 bits per heavy atom. The minimum atomic E-state index is -0.298. The van der Waals surface area contributed by atoms with E-state index in [2.05, 4.69) is 36.3 Å². The van der Waals surface area contributed by atoms with Gasteiger partial charge in [0.05, 0.1) is 11.9 Å². The Hall–Kier alpha value is -1.26. The maximum Gasteiger partial charge on any atom is 0.141 e. The third-order valence-corrected chi connectivity index (χ3v) is 4.07. The fourth-order valence-corrected chi connectivity index (χ4v) is 2.76. The molecule has 0 aliphatic rings. The predicted molar refractivity (Wildman–Crippen MR) is 73.2 cm³/mol. The van der Waals surface area contributed by atoms with E-state index in [1.54, 1.807) is 17.4 Å². The second-order valence-electron chi connectivity index (χ2n) is 4.46. The molecule has 96 valence electrons. The van der Waals surface area contributed by atoms with E-state index in [9.17, 15) is 4.39 Å². The van der Waals surface area contributed by atoms with Gasteiger partial charge in [-0.2, -0.15) is 0 Å². The van der Waals surface area contributed by atoms with Crippen LogP contribution in [-0.4, -0.2) is 4.98 Å². The van der Waals surface area contributed by atoms with Crippen LogP contribution in [0.3, 0.4) is 0 Å². The SMILES string of the molecule is Cc1ccc(C(C)NC(C)c2ccc(F)cn2)s1. The fourth-order valence-electron chi connectivity index (χ4n) is 1.87. The van der Waals surface area contributed by atoms with Gasteiger partial charge in [-0.3, -0.25) is 4.98 Å². The van der Waals surface area contributed by atoms with Crippen LogP contribution in [0.2, 0.25) is 0 Å². The van der Waals surface area contributed by atoms with Crippen molar-refractivity contribution < 1.29 is 4.39 Å². The summed E-state index contributed by atoms with van der Waals surface area (Å²) in [4.78, 5) is 6.71. The Morgan fingerprint density at radius 2 is 1.94 bits per heavy atom. The van der Waals surface area contributed by atoms with Gasteiger partial charge in [0.1, 0.15) is 5.82 Å². The van der Waals surface area contributed by atoms with Gasteiger partial charge < -0.3 is 5.32 Å². The van der Waals surface area contributed by atoms with E-state index in [1.165, 1.54) is 22.0 Å². The number of pyridine rings is 1. The lowest BCUT2D eigenvalue weighted by molar-refractivity contribution is 0.489. The molecule has 2 unspecified atom stereocenters. The van der Waals surface area contributed by atoms with Crippen LogP contribution in [0.4, 0.5) is 4.39 Å². The molecule has 0 saturated heterocycles. The van der Waals surface area contributed by atoms with E-state index in [0.717, 1.165) is 5.69 Å². The van der Waals surface area contributed by atoms with Crippen LogP contribution in [0.1, 0.15) is 41.4 Å². The molecule has 0 amide bonds. The standard InChI is InChI=1S/C14H17FN2S/c1-9-4-7-14(18-9)11(3)17-10(2)13-6-5-12(15)8-16-13/h4-8,10-11,17H,1-3H3.